The number of anilines is 1. The smallest absolute Gasteiger partial charge is 0.270 e. The molecule has 1 aromatic heterocycles. The van der Waals surface area contributed by atoms with Crippen LogP contribution in [0.4, 0.5) is 5.69 Å². The second-order valence-electron chi connectivity index (χ2n) is 7.10. The molecule has 0 bridgehead atoms. The second kappa shape index (κ2) is 7.90. The number of hydrogen-bond acceptors (Lipinski definition) is 5. The van der Waals surface area contributed by atoms with Crippen LogP contribution >= 0.6 is 11.6 Å². The Labute approximate surface area is 173 Å². The molecule has 0 fully saturated rings. The van der Waals surface area contributed by atoms with Crippen molar-refractivity contribution in [3.63, 3.8) is 0 Å². The number of aliphatic hydroxyl groups excluding tert-OH is 1. The molecule has 152 valence electrons. The van der Waals surface area contributed by atoms with Gasteiger partial charge >= 0.3 is 0 Å². The fourth-order valence-electron chi connectivity index (χ4n) is 3.84. The summed E-state index contributed by atoms with van der Waals surface area (Å²) < 4.78 is 7.48. The lowest BCUT2D eigenvalue weighted by Crippen LogP contribution is -2.55. The minimum absolute atomic E-state index is 0.0912. The van der Waals surface area contributed by atoms with Crippen molar-refractivity contribution in [2.75, 3.05) is 5.32 Å². The highest BCUT2D eigenvalue weighted by Crippen LogP contribution is 2.45. The topological polar surface area (TPSA) is 104 Å². The van der Waals surface area contributed by atoms with E-state index in [2.05, 4.69) is 11.4 Å². The van der Waals surface area contributed by atoms with E-state index < -0.39 is 23.3 Å². The summed E-state index contributed by atoms with van der Waals surface area (Å²) in [5.41, 5.74) is -0.213. The molecule has 29 heavy (non-hydrogen) atoms. The van der Waals surface area contributed by atoms with Crippen LogP contribution in [-0.4, -0.2) is 27.3 Å². The van der Waals surface area contributed by atoms with Gasteiger partial charge in [0.1, 0.15) is 22.5 Å². The van der Waals surface area contributed by atoms with Crippen molar-refractivity contribution in [2.45, 2.75) is 51.4 Å². The first kappa shape index (κ1) is 20.9. The summed E-state index contributed by atoms with van der Waals surface area (Å²) in [4.78, 5) is 24.4. The summed E-state index contributed by atoms with van der Waals surface area (Å²) in [5.74, 6) is 0.179. The minimum Gasteiger partial charge on any atom is -0.484 e. The Balaban J connectivity index is 2.29. The van der Waals surface area contributed by atoms with E-state index in [0.717, 1.165) is 0 Å². The number of amides is 1. The Morgan fingerprint density at radius 2 is 2.07 bits per heavy atom. The number of nitrogens with one attached hydrogen (secondary N) is 1. The molecule has 3 rings (SSSR count). The van der Waals surface area contributed by atoms with Crippen molar-refractivity contribution >= 4 is 23.2 Å². The van der Waals surface area contributed by atoms with Crippen LogP contribution in [0.25, 0.3) is 0 Å². The Kier molecular flexibility index (Phi) is 5.69. The van der Waals surface area contributed by atoms with Crippen molar-refractivity contribution in [1.29, 1.82) is 5.26 Å². The van der Waals surface area contributed by atoms with Gasteiger partial charge in [0.15, 0.2) is 0 Å². The molecule has 2 N–H and O–H groups in total. The number of halogens is 1. The molecule has 8 heteroatoms. The number of nitrogens with zero attached hydrogens (tertiary/aromatic N) is 2. The van der Waals surface area contributed by atoms with E-state index in [4.69, 9.17) is 16.3 Å². The minimum atomic E-state index is -1.08. The number of hydrogen-bond donors (Lipinski definition) is 2. The van der Waals surface area contributed by atoms with Gasteiger partial charge in [-0.15, -0.1) is 0 Å². The van der Waals surface area contributed by atoms with Crippen LogP contribution in [0.2, 0.25) is 5.02 Å². The van der Waals surface area contributed by atoms with E-state index in [0.29, 0.717) is 35.4 Å². The lowest BCUT2D eigenvalue weighted by Gasteiger charge is -2.46. The molecule has 2 atom stereocenters. The number of benzene rings is 1. The molecule has 1 aliphatic heterocycles. The standard InChI is InChI=1S/C21H22ClN3O4/c1-4-21(5-2)19(27)18(15-8-13(10-23)6-7-17(15)29-21)25-11-14(24-12(3)26)9-16(22)20(25)28/h6-9,11,18-19,27H,4-5H2,1-3H3,(H,24,26). The number of carbonyl (C=O) groups excluding carboxylic acids is 1. The van der Waals surface area contributed by atoms with Crippen molar-refractivity contribution in [2.24, 2.45) is 0 Å². The SMILES string of the molecule is CCC1(CC)Oc2ccc(C#N)cc2C(n2cc(NC(C)=O)cc(Cl)c2=O)C1O. The molecule has 2 unspecified atom stereocenters. The normalized spacial score (nSPS) is 19.6. The number of aliphatic hydroxyl groups is 1. The fraction of sp³-hybridized carbons (Fsp3) is 0.381. The quantitative estimate of drug-likeness (QED) is 0.797. The maximum absolute atomic E-state index is 12.9. The van der Waals surface area contributed by atoms with Crippen LogP contribution < -0.4 is 15.6 Å². The van der Waals surface area contributed by atoms with E-state index in [1.807, 2.05) is 13.8 Å². The van der Waals surface area contributed by atoms with E-state index >= 15 is 0 Å². The lowest BCUT2D eigenvalue weighted by molar-refractivity contribution is -0.114. The molecule has 0 spiro atoms. The summed E-state index contributed by atoms with van der Waals surface area (Å²) in [6.45, 7) is 5.16. The summed E-state index contributed by atoms with van der Waals surface area (Å²) >= 11 is 6.14. The molecule has 0 radical (unpaired) electrons. The number of nitriles is 1. The van der Waals surface area contributed by atoms with Gasteiger partial charge in [-0.1, -0.05) is 25.4 Å². The third kappa shape index (κ3) is 3.61. The maximum atomic E-state index is 12.9. The Morgan fingerprint density at radius 3 is 2.66 bits per heavy atom. The molecule has 7 nitrogen and oxygen atoms in total. The molecule has 1 aromatic carbocycles. The predicted octanol–water partition coefficient (Wildman–Crippen LogP) is 3.23. The number of rotatable bonds is 4. The van der Waals surface area contributed by atoms with Gasteiger partial charge in [-0.05, 0) is 37.1 Å². The average Bonchev–Trinajstić information content (AvgIpc) is 2.69. The first-order valence-corrected chi connectivity index (χ1v) is 9.74. The zero-order valence-electron chi connectivity index (χ0n) is 16.4. The zero-order valence-corrected chi connectivity index (χ0v) is 17.2. The molecule has 0 saturated carbocycles. The van der Waals surface area contributed by atoms with E-state index in [-0.39, 0.29) is 10.9 Å². The van der Waals surface area contributed by atoms with Gasteiger partial charge in [-0.2, -0.15) is 5.26 Å². The van der Waals surface area contributed by atoms with Crippen LogP contribution in [0.15, 0.2) is 35.3 Å². The molecular weight excluding hydrogens is 394 g/mol. The highest BCUT2D eigenvalue weighted by atomic mass is 35.5. The van der Waals surface area contributed by atoms with Gasteiger partial charge in [0, 0.05) is 18.7 Å². The predicted molar refractivity (Wildman–Crippen MR) is 109 cm³/mol. The van der Waals surface area contributed by atoms with E-state index in [1.165, 1.54) is 23.8 Å². The first-order valence-electron chi connectivity index (χ1n) is 9.36. The van der Waals surface area contributed by atoms with Crippen LogP contribution in [0.5, 0.6) is 5.75 Å². The number of pyridine rings is 1. The highest BCUT2D eigenvalue weighted by molar-refractivity contribution is 6.30. The summed E-state index contributed by atoms with van der Waals surface area (Å²) in [6, 6.07) is 7.51. The van der Waals surface area contributed by atoms with Crippen molar-refractivity contribution in [1.82, 2.24) is 4.57 Å². The Bertz CT molecular complexity index is 1050. The van der Waals surface area contributed by atoms with Crippen LogP contribution in [-0.2, 0) is 4.79 Å². The molecule has 2 aromatic rings. The van der Waals surface area contributed by atoms with Crippen LogP contribution in [0.1, 0.15) is 50.8 Å². The van der Waals surface area contributed by atoms with Crippen molar-refractivity contribution < 1.29 is 14.6 Å². The van der Waals surface area contributed by atoms with Gasteiger partial charge < -0.3 is 19.7 Å². The monoisotopic (exact) mass is 415 g/mol. The van der Waals surface area contributed by atoms with Crippen molar-refractivity contribution in [3.05, 3.63) is 57.0 Å². The fourth-order valence-corrected chi connectivity index (χ4v) is 4.05. The third-order valence-corrected chi connectivity index (χ3v) is 5.70. The number of fused-ring (bicyclic) bond motifs is 1. The van der Waals surface area contributed by atoms with Gasteiger partial charge in [-0.25, -0.2) is 0 Å². The maximum Gasteiger partial charge on any atom is 0.270 e. The van der Waals surface area contributed by atoms with Crippen LogP contribution in [0.3, 0.4) is 0 Å². The molecular formula is C21H22ClN3O4. The Hall–Kier alpha value is -2.82. The van der Waals surface area contributed by atoms with E-state index in [1.54, 1.807) is 18.2 Å². The highest BCUT2D eigenvalue weighted by Gasteiger charge is 2.48. The lowest BCUT2D eigenvalue weighted by atomic mass is 9.80. The third-order valence-electron chi connectivity index (χ3n) is 5.43. The largest absolute Gasteiger partial charge is 0.484 e. The molecule has 0 saturated heterocycles. The average molecular weight is 416 g/mol. The van der Waals surface area contributed by atoms with Gasteiger partial charge in [0.05, 0.1) is 23.4 Å². The van der Waals surface area contributed by atoms with Gasteiger partial charge in [-0.3, -0.25) is 9.59 Å². The summed E-state index contributed by atoms with van der Waals surface area (Å²) in [7, 11) is 0. The second-order valence-corrected chi connectivity index (χ2v) is 7.51. The summed E-state index contributed by atoms with van der Waals surface area (Å²) in [5, 5.41) is 23.2. The number of carbonyl (C=O) groups is 1. The van der Waals surface area contributed by atoms with Crippen LogP contribution in [0, 0.1) is 11.3 Å². The first-order chi connectivity index (χ1) is 13.8. The van der Waals surface area contributed by atoms with E-state index in [9.17, 15) is 20.0 Å². The molecule has 1 aliphatic rings. The Morgan fingerprint density at radius 1 is 1.38 bits per heavy atom. The zero-order chi connectivity index (χ0) is 21.3. The number of ether oxygens (including phenoxy) is 1. The molecule has 0 aliphatic carbocycles. The van der Waals surface area contributed by atoms with Crippen molar-refractivity contribution in [3.8, 4) is 11.8 Å². The van der Waals surface area contributed by atoms with Gasteiger partial charge in [0.25, 0.3) is 5.56 Å². The number of aromatic nitrogens is 1. The van der Waals surface area contributed by atoms with Gasteiger partial charge in [0.2, 0.25) is 5.91 Å². The molecule has 2 heterocycles. The summed E-state index contributed by atoms with van der Waals surface area (Å²) in [6.07, 6.45) is 1.39. The molecule has 1 amide bonds.